The lowest BCUT2D eigenvalue weighted by Gasteiger charge is -2.21. The molecule has 9 heteroatoms. The first-order valence-corrected chi connectivity index (χ1v) is 11.2. The monoisotopic (exact) mass is 456 g/mol. The van der Waals surface area contributed by atoms with Crippen LogP contribution in [0.5, 0.6) is 0 Å². The molecule has 0 radical (unpaired) electrons. The van der Waals surface area contributed by atoms with E-state index in [1.807, 2.05) is 36.4 Å². The average Bonchev–Trinajstić information content (AvgIpc) is 3.21. The molecular weight excluding hydrogens is 435 g/mol. The Morgan fingerprint density at radius 1 is 1.06 bits per heavy atom. The summed E-state index contributed by atoms with van der Waals surface area (Å²) in [6.45, 7) is 1.61. The van der Waals surface area contributed by atoms with Crippen molar-refractivity contribution in [3.8, 4) is 22.5 Å². The standard InChI is InChI=1S/C25H21FN6O2/c26-19-11-18(12-27-13-19)17-7-5-16(6-8-17)14-31-24-21(4-1-9-28-24)22-23(29-31)25(33)32(30-22)20-3-2-10-34-15-20/h1,4-9,11-13,20H,2-3,10,14-15H2. The van der Waals surface area contributed by atoms with Crippen molar-refractivity contribution >= 4 is 11.0 Å². The Morgan fingerprint density at radius 2 is 1.94 bits per heavy atom. The van der Waals surface area contributed by atoms with Crippen LogP contribution in [0.15, 0.2) is 65.8 Å². The Kier molecular flexibility index (Phi) is 5.10. The molecule has 0 spiro atoms. The van der Waals surface area contributed by atoms with Gasteiger partial charge in [0.15, 0.2) is 11.3 Å². The zero-order chi connectivity index (χ0) is 23.1. The number of nitrogens with zero attached hydrogens (tertiary/aromatic N) is 6. The summed E-state index contributed by atoms with van der Waals surface area (Å²) in [6, 6.07) is 12.9. The maximum Gasteiger partial charge on any atom is 0.297 e. The van der Waals surface area contributed by atoms with Crippen LogP contribution in [0.1, 0.15) is 24.4 Å². The second kappa shape index (κ2) is 8.42. The van der Waals surface area contributed by atoms with E-state index in [4.69, 9.17) is 4.74 Å². The van der Waals surface area contributed by atoms with Gasteiger partial charge in [-0.1, -0.05) is 24.3 Å². The first kappa shape index (κ1) is 20.6. The number of halogens is 1. The van der Waals surface area contributed by atoms with E-state index in [9.17, 15) is 9.18 Å². The van der Waals surface area contributed by atoms with Crippen molar-refractivity contribution in [2.75, 3.05) is 13.2 Å². The van der Waals surface area contributed by atoms with Crippen molar-refractivity contribution in [1.29, 1.82) is 0 Å². The second-order valence-corrected chi connectivity index (χ2v) is 8.44. The number of hydrogen-bond acceptors (Lipinski definition) is 6. The van der Waals surface area contributed by atoms with Gasteiger partial charge in [-0.2, -0.15) is 10.2 Å². The predicted octanol–water partition coefficient (Wildman–Crippen LogP) is 3.69. The van der Waals surface area contributed by atoms with Gasteiger partial charge < -0.3 is 4.74 Å². The fourth-order valence-corrected chi connectivity index (χ4v) is 4.46. The van der Waals surface area contributed by atoms with Gasteiger partial charge in [0.25, 0.3) is 5.56 Å². The number of pyridine rings is 2. The van der Waals surface area contributed by atoms with Crippen molar-refractivity contribution in [1.82, 2.24) is 29.5 Å². The minimum Gasteiger partial charge on any atom is -0.379 e. The lowest BCUT2D eigenvalue weighted by Crippen LogP contribution is -2.29. The number of hydrogen-bond donors (Lipinski definition) is 0. The summed E-state index contributed by atoms with van der Waals surface area (Å²) in [5, 5.41) is 10.1. The van der Waals surface area contributed by atoms with Crippen LogP contribution in [-0.4, -0.2) is 42.7 Å². The van der Waals surface area contributed by atoms with Gasteiger partial charge in [-0.25, -0.2) is 18.7 Å². The smallest absolute Gasteiger partial charge is 0.297 e. The number of benzene rings is 1. The Labute approximate surface area is 194 Å². The van der Waals surface area contributed by atoms with Crippen LogP contribution in [-0.2, 0) is 11.3 Å². The second-order valence-electron chi connectivity index (χ2n) is 8.44. The quantitative estimate of drug-likeness (QED) is 0.410. The maximum atomic E-state index is 13.5. The zero-order valence-corrected chi connectivity index (χ0v) is 18.3. The average molecular weight is 456 g/mol. The van der Waals surface area contributed by atoms with Crippen LogP contribution >= 0.6 is 0 Å². The molecule has 3 aromatic rings. The first-order valence-electron chi connectivity index (χ1n) is 11.2. The van der Waals surface area contributed by atoms with E-state index in [2.05, 4.69) is 20.2 Å². The van der Waals surface area contributed by atoms with Crippen molar-refractivity contribution in [3.63, 3.8) is 0 Å². The van der Waals surface area contributed by atoms with Crippen molar-refractivity contribution in [3.05, 3.63) is 82.8 Å². The van der Waals surface area contributed by atoms with E-state index in [1.54, 1.807) is 17.1 Å². The summed E-state index contributed by atoms with van der Waals surface area (Å²) in [5.74, 6) is -0.374. The Bertz CT molecular complexity index is 1500. The summed E-state index contributed by atoms with van der Waals surface area (Å²) < 4.78 is 22.4. The summed E-state index contributed by atoms with van der Waals surface area (Å²) in [5.41, 5.74) is 3.87. The highest BCUT2D eigenvalue weighted by atomic mass is 19.1. The molecule has 0 N–H and O–H groups in total. The van der Waals surface area contributed by atoms with Crippen LogP contribution in [0, 0.1) is 5.82 Å². The van der Waals surface area contributed by atoms with Crippen LogP contribution in [0.4, 0.5) is 4.39 Å². The van der Waals surface area contributed by atoms with Crippen LogP contribution in [0.25, 0.3) is 33.5 Å². The number of fused-ring (bicyclic) bond motifs is 3. The van der Waals surface area contributed by atoms with Gasteiger partial charge in [0, 0.05) is 30.0 Å². The van der Waals surface area contributed by atoms with E-state index < -0.39 is 0 Å². The fraction of sp³-hybridized carbons (Fsp3) is 0.240. The normalized spacial score (nSPS) is 16.3. The molecule has 3 aliphatic rings. The largest absolute Gasteiger partial charge is 0.379 e. The highest BCUT2D eigenvalue weighted by molar-refractivity contribution is 5.89. The van der Waals surface area contributed by atoms with E-state index in [-0.39, 0.29) is 17.4 Å². The molecule has 1 unspecified atom stereocenters. The van der Waals surface area contributed by atoms with Crippen LogP contribution < -0.4 is 5.56 Å². The highest BCUT2D eigenvalue weighted by Crippen LogP contribution is 2.27. The molecule has 0 amide bonds. The first-order chi connectivity index (χ1) is 16.7. The summed E-state index contributed by atoms with van der Waals surface area (Å²) in [6.07, 6.45) is 6.27. The lowest BCUT2D eigenvalue weighted by molar-refractivity contribution is 0.0540. The van der Waals surface area contributed by atoms with Gasteiger partial charge in [-0.05, 0) is 42.2 Å². The van der Waals surface area contributed by atoms with Gasteiger partial charge in [0.05, 0.1) is 25.4 Å². The predicted molar refractivity (Wildman–Crippen MR) is 124 cm³/mol. The number of ether oxygens (including phenoxy) is 1. The number of rotatable bonds is 4. The molecule has 34 heavy (non-hydrogen) atoms. The van der Waals surface area contributed by atoms with Gasteiger partial charge >= 0.3 is 0 Å². The Balaban J connectivity index is 1.40. The lowest BCUT2D eigenvalue weighted by atomic mass is 10.1. The fourth-order valence-electron chi connectivity index (χ4n) is 4.46. The minimum absolute atomic E-state index is 0.0829. The summed E-state index contributed by atoms with van der Waals surface area (Å²) in [4.78, 5) is 21.7. The summed E-state index contributed by atoms with van der Waals surface area (Å²) >= 11 is 0. The molecule has 8 nitrogen and oxygen atoms in total. The zero-order valence-electron chi connectivity index (χ0n) is 18.3. The van der Waals surface area contributed by atoms with Crippen molar-refractivity contribution in [2.45, 2.75) is 25.4 Å². The Morgan fingerprint density at radius 3 is 2.74 bits per heavy atom. The number of aromatic nitrogens is 6. The molecule has 1 fully saturated rings. The SMILES string of the molecule is O=c1c2nn(Cc3ccc(-c4cncc(F)c4)cc3)c3ncccc3c-2nn1C1CCCOC1. The van der Waals surface area contributed by atoms with Crippen molar-refractivity contribution < 1.29 is 9.13 Å². The molecule has 5 heterocycles. The molecule has 1 aromatic carbocycles. The Hall–Kier alpha value is -3.98. The maximum absolute atomic E-state index is 13.5. The van der Waals surface area contributed by atoms with Gasteiger partial charge in [-0.3, -0.25) is 9.78 Å². The molecule has 1 atom stereocenters. The third-order valence-electron chi connectivity index (χ3n) is 6.16. The molecule has 170 valence electrons. The highest BCUT2D eigenvalue weighted by Gasteiger charge is 2.27. The molecule has 0 saturated carbocycles. The van der Waals surface area contributed by atoms with Crippen LogP contribution in [0.3, 0.4) is 0 Å². The van der Waals surface area contributed by atoms with Gasteiger partial charge in [0.2, 0.25) is 0 Å². The molecule has 0 aliphatic carbocycles. The molecule has 0 bridgehead atoms. The topological polar surface area (TPSA) is 87.7 Å². The molecule has 6 rings (SSSR count). The van der Waals surface area contributed by atoms with Crippen LogP contribution in [0.2, 0.25) is 0 Å². The van der Waals surface area contributed by atoms with E-state index >= 15 is 0 Å². The molecule has 3 aliphatic heterocycles. The van der Waals surface area contributed by atoms with Gasteiger partial charge in [0.1, 0.15) is 11.5 Å². The third kappa shape index (κ3) is 3.63. The molecule has 2 aromatic heterocycles. The third-order valence-corrected chi connectivity index (χ3v) is 6.16. The van der Waals surface area contributed by atoms with Crippen molar-refractivity contribution in [2.24, 2.45) is 0 Å². The molecular formula is C25H21FN6O2. The van der Waals surface area contributed by atoms with E-state index in [0.29, 0.717) is 42.4 Å². The molecule has 1 saturated heterocycles. The van der Waals surface area contributed by atoms with E-state index in [0.717, 1.165) is 29.4 Å². The van der Waals surface area contributed by atoms with E-state index in [1.165, 1.54) is 16.9 Å². The van der Waals surface area contributed by atoms with Gasteiger partial charge in [-0.15, -0.1) is 0 Å². The summed E-state index contributed by atoms with van der Waals surface area (Å²) in [7, 11) is 0. The minimum atomic E-state index is -0.374.